The lowest BCUT2D eigenvalue weighted by atomic mass is 10.4. The van der Waals surface area contributed by atoms with Crippen LogP contribution in [0.5, 0.6) is 0 Å². The third-order valence-corrected chi connectivity index (χ3v) is 1.90. The van der Waals surface area contributed by atoms with E-state index in [4.69, 9.17) is 5.73 Å². The highest BCUT2D eigenvalue weighted by Crippen LogP contribution is 2.15. The van der Waals surface area contributed by atoms with E-state index in [0.717, 1.165) is 0 Å². The smallest absolute Gasteiger partial charge is 0.323 e. The van der Waals surface area contributed by atoms with E-state index in [1.54, 1.807) is 23.2 Å². The number of hydrogen-bond acceptors (Lipinski definition) is 3. The fraction of sp³-hybridized carbons (Fsp3) is 0.250. The molecule has 1 aromatic rings. The van der Waals surface area contributed by atoms with Gasteiger partial charge in [0.15, 0.2) is 0 Å². The Morgan fingerprint density at radius 1 is 1.62 bits per heavy atom. The maximum absolute atomic E-state index is 11.2. The second-order valence-electron chi connectivity index (χ2n) is 2.83. The average Bonchev–Trinajstić information content (AvgIpc) is 2.51. The van der Waals surface area contributed by atoms with Gasteiger partial charge in [-0.1, -0.05) is 0 Å². The van der Waals surface area contributed by atoms with Gasteiger partial charge in [-0.15, -0.1) is 0 Å². The third-order valence-electron chi connectivity index (χ3n) is 1.90. The van der Waals surface area contributed by atoms with Crippen molar-refractivity contribution in [2.45, 2.75) is 0 Å². The highest BCUT2D eigenvalue weighted by atomic mass is 16.2. The molecule has 2 rings (SSSR count). The van der Waals surface area contributed by atoms with Crippen LogP contribution < -0.4 is 16.0 Å². The number of anilines is 2. The summed E-state index contributed by atoms with van der Waals surface area (Å²) in [6, 6.07) is 3.26. The lowest BCUT2D eigenvalue weighted by Gasteiger charge is -2.12. The van der Waals surface area contributed by atoms with Gasteiger partial charge in [0.2, 0.25) is 0 Å². The molecule has 5 nitrogen and oxygen atoms in total. The molecule has 1 aromatic heterocycles. The number of nitrogen functional groups attached to an aromatic ring is 1. The first-order valence-corrected chi connectivity index (χ1v) is 4.04. The topological polar surface area (TPSA) is 71.2 Å². The number of nitrogens with zero attached hydrogens (tertiary/aromatic N) is 2. The number of rotatable bonds is 1. The molecule has 0 aliphatic carbocycles. The van der Waals surface area contributed by atoms with Crippen LogP contribution in [0.25, 0.3) is 0 Å². The van der Waals surface area contributed by atoms with Crippen LogP contribution in [-0.4, -0.2) is 24.1 Å². The van der Waals surface area contributed by atoms with Gasteiger partial charge >= 0.3 is 6.03 Å². The quantitative estimate of drug-likeness (QED) is 0.645. The fourth-order valence-electron chi connectivity index (χ4n) is 1.27. The Hall–Kier alpha value is -1.78. The minimum atomic E-state index is -0.113. The molecule has 0 spiro atoms. The van der Waals surface area contributed by atoms with E-state index in [0.29, 0.717) is 24.6 Å². The maximum atomic E-state index is 11.2. The second-order valence-corrected chi connectivity index (χ2v) is 2.83. The molecule has 3 N–H and O–H groups in total. The maximum Gasteiger partial charge on any atom is 0.323 e. The Labute approximate surface area is 75.6 Å². The number of urea groups is 1. The van der Waals surface area contributed by atoms with Gasteiger partial charge in [0, 0.05) is 31.0 Å². The number of hydrogen-bond donors (Lipinski definition) is 2. The molecule has 0 unspecified atom stereocenters. The number of nitrogens with two attached hydrogens (primary N) is 1. The number of amides is 2. The number of carbonyl (C=O) groups excluding carboxylic acids is 1. The summed E-state index contributed by atoms with van der Waals surface area (Å²) in [5.41, 5.74) is 6.19. The predicted octanol–water partition coefficient (Wildman–Crippen LogP) is 0.193. The van der Waals surface area contributed by atoms with Crippen molar-refractivity contribution in [1.29, 1.82) is 0 Å². The van der Waals surface area contributed by atoms with E-state index in [2.05, 4.69) is 10.3 Å². The van der Waals surface area contributed by atoms with E-state index >= 15 is 0 Å². The summed E-state index contributed by atoms with van der Waals surface area (Å²) in [7, 11) is 0. The summed E-state index contributed by atoms with van der Waals surface area (Å²) in [4.78, 5) is 16.8. The normalized spacial score (nSPS) is 16.0. The molecule has 0 saturated carbocycles. The highest BCUT2D eigenvalue weighted by molar-refractivity contribution is 5.93. The summed E-state index contributed by atoms with van der Waals surface area (Å²) < 4.78 is 0. The molecule has 2 amide bonds. The van der Waals surface area contributed by atoms with Crippen molar-refractivity contribution < 1.29 is 4.79 Å². The molecule has 0 bridgehead atoms. The molecule has 5 heteroatoms. The average molecular weight is 178 g/mol. The molecule has 0 radical (unpaired) electrons. The van der Waals surface area contributed by atoms with Crippen LogP contribution in [-0.2, 0) is 0 Å². The number of pyridine rings is 1. The van der Waals surface area contributed by atoms with Crippen molar-refractivity contribution in [1.82, 2.24) is 10.3 Å². The van der Waals surface area contributed by atoms with Gasteiger partial charge in [-0.3, -0.25) is 4.90 Å². The lowest BCUT2D eigenvalue weighted by Crippen LogP contribution is -2.28. The second kappa shape index (κ2) is 2.93. The van der Waals surface area contributed by atoms with Crippen LogP contribution >= 0.6 is 0 Å². The summed E-state index contributed by atoms with van der Waals surface area (Å²) in [5, 5.41) is 2.69. The van der Waals surface area contributed by atoms with Gasteiger partial charge < -0.3 is 11.1 Å². The molecule has 0 atom stereocenters. The van der Waals surface area contributed by atoms with Crippen LogP contribution in [0, 0.1) is 0 Å². The predicted molar refractivity (Wildman–Crippen MR) is 49.4 cm³/mol. The first-order valence-electron chi connectivity index (χ1n) is 4.04. The summed E-state index contributed by atoms with van der Waals surface area (Å²) in [5.74, 6) is 0.606. The summed E-state index contributed by atoms with van der Waals surface area (Å²) in [6.07, 6.45) is 1.59. The van der Waals surface area contributed by atoms with E-state index < -0.39 is 0 Å². The third kappa shape index (κ3) is 1.40. The van der Waals surface area contributed by atoms with Crippen molar-refractivity contribution in [3.8, 4) is 0 Å². The van der Waals surface area contributed by atoms with Crippen LogP contribution in [0.2, 0.25) is 0 Å². The molecule has 2 heterocycles. The zero-order chi connectivity index (χ0) is 9.26. The highest BCUT2D eigenvalue weighted by Gasteiger charge is 2.21. The van der Waals surface area contributed by atoms with Crippen molar-refractivity contribution in [2.75, 3.05) is 23.7 Å². The Morgan fingerprint density at radius 2 is 2.46 bits per heavy atom. The van der Waals surface area contributed by atoms with Gasteiger partial charge in [-0.2, -0.15) is 0 Å². The van der Waals surface area contributed by atoms with Gasteiger partial charge in [0.1, 0.15) is 5.82 Å². The molecule has 13 heavy (non-hydrogen) atoms. The largest absolute Gasteiger partial charge is 0.399 e. The fourth-order valence-corrected chi connectivity index (χ4v) is 1.27. The van der Waals surface area contributed by atoms with Gasteiger partial charge in [-0.05, 0) is 6.07 Å². The van der Waals surface area contributed by atoms with E-state index in [-0.39, 0.29) is 6.03 Å². The number of carbonyl (C=O) groups is 1. The molecule has 68 valence electrons. The van der Waals surface area contributed by atoms with Crippen LogP contribution in [0.1, 0.15) is 0 Å². The molecule has 1 saturated heterocycles. The van der Waals surface area contributed by atoms with Crippen molar-refractivity contribution in [3.05, 3.63) is 18.3 Å². The monoisotopic (exact) mass is 178 g/mol. The molecular formula is C8H10N4O. The molecular weight excluding hydrogens is 168 g/mol. The summed E-state index contributed by atoms with van der Waals surface area (Å²) >= 11 is 0. The molecule has 1 aliphatic heterocycles. The lowest BCUT2D eigenvalue weighted by molar-refractivity contribution is 0.252. The molecule has 1 fully saturated rings. The summed E-state index contributed by atoms with van der Waals surface area (Å²) in [6.45, 7) is 1.31. The zero-order valence-corrected chi connectivity index (χ0v) is 7.03. The standard InChI is InChI=1S/C8H10N4O/c9-6-1-2-10-7(5-6)12-4-3-11-8(12)13/h1-2,5H,3-4H2,(H2,9,10)(H,11,13). The van der Waals surface area contributed by atoms with Gasteiger partial charge in [0.05, 0.1) is 0 Å². The van der Waals surface area contributed by atoms with Crippen LogP contribution in [0.15, 0.2) is 18.3 Å². The van der Waals surface area contributed by atoms with E-state index in [1.807, 2.05) is 0 Å². The minimum absolute atomic E-state index is 0.113. The Balaban J connectivity index is 2.29. The van der Waals surface area contributed by atoms with Crippen molar-refractivity contribution in [3.63, 3.8) is 0 Å². The Bertz CT molecular complexity index is 339. The first kappa shape index (κ1) is 7.85. The Kier molecular flexibility index (Phi) is 1.77. The molecule has 1 aliphatic rings. The Morgan fingerprint density at radius 3 is 3.08 bits per heavy atom. The zero-order valence-electron chi connectivity index (χ0n) is 7.03. The minimum Gasteiger partial charge on any atom is -0.399 e. The van der Waals surface area contributed by atoms with Crippen molar-refractivity contribution in [2.24, 2.45) is 0 Å². The van der Waals surface area contributed by atoms with E-state index in [1.165, 1.54) is 0 Å². The van der Waals surface area contributed by atoms with Gasteiger partial charge in [-0.25, -0.2) is 9.78 Å². The molecule has 0 aromatic carbocycles. The van der Waals surface area contributed by atoms with E-state index in [9.17, 15) is 4.79 Å². The first-order chi connectivity index (χ1) is 6.27. The number of aromatic nitrogens is 1. The van der Waals surface area contributed by atoms with Crippen LogP contribution in [0.3, 0.4) is 0 Å². The van der Waals surface area contributed by atoms with Crippen molar-refractivity contribution >= 4 is 17.5 Å². The SMILES string of the molecule is Nc1ccnc(N2CCNC2=O)c1. The van der Waals surface area contributed by atoms with Gasteiger partial charge in [0.25, 0.3) is 0 Å². The number of nitrogens with one attached hydrogen (secondary N) is 1. The van der Waals surface area contributed by atoms with Crippen LogP contribution in [0.4, 0.5) is 16.3 Å².